The van der Waals surface area contributed by atoms with Gasteiger partial charge in [-0.3, -0.25) is 9.69 Å². The summed E-state index contributed by atoms with van der Waals surface area (Å²) >= 11 is 0. The molecule has 2 saturated heterocycles. The summed E-state index contributed by atoms with van der Waals surface area (Å²) in [5.41, 5.74) is 0.519. The number of carbonyl (C=O) groups excluding carboxylic acids is 2. The lowest BCUT2D eigenvalue weighted by atomic mass is 10.2. The molecule has 1 aromatic carbocycles. The van der Waals surface area contributed by atoms with Gasteiger partial charge in [0.1, 0.15) is 5.82 Å². The molecule has 142 valence electrons. The molecule has 2 heterocycles. The second-order valence-electron chi connectivity index (χ2n) is 6.59. The minimum atomic E-state index is -0.385. The van der Waals surface area contributed by atoms with Crippen LogP contribution in [0.2, 0.25) is 0 Å². The normalized spacial score (nSPS) is 21.0. The molecule has 2 aliphatic heterocycles. The van der Waals surface area contributed by atoms with E-state index in [1.165, 1.54) is 17.0 Å². The van der Waals surface area contributed by atoms with Crippen molar-refractivity contribution in [3.63, 3.8) is 0 Å². The van der Waals surface area contributed by atoms with Crippen molar-refractivity contribution in [2.45, 2.75) is 18.9 Å². The third-order valence-electron chi connectivity index (χ3n) is 4.62. The smallest absolute Gasteiger partial charge is 0.315 e. The third-order valence-corrected chi connectivity index (χ3v) is 4.62. The number of morpholine rings is 1. The molecular weight excluding hydrogens is 339 g/mol. The van der Waals surface area contributed by atoms with E-state index in [-0.39, 0.29) is 30.2 Å². The number of halogens is 1. The van der Waals surface area contributed by atoms with Gasteiger partial charge >= 0.3 is 6.03 Å². The predicted octanol–water partition coefficient (Wildman–Crippen LogP) is 0.953. The lowest BCUT2D eigenvalue weighted by Crippen LogP contribution is -2.44. The molecule has 3 rings (SSSR count). The van der Waals surface area contributed by atoms with Crippen LogP contribution >= 0.6 is 0 Å². The number of nitrogens with one attached hydrogen (secondary N) is 2. The molecule has 2 fully saturated rings. The lowest BCUT2D eigenvalue weighted by molar-refractivity contribution is -0.117. The Morgan fingerprint density at radius 1 is 1.31 bits per heavy atom. The summed E-state index contributed by atoms with van der Waals surface area (Å²) in [6, 6.07) is 5.38. The van der Waals surface area contributed by atoms with Gasteiger partial charge in [-0.1, -0.05) is 6.07 Å². The van der Waals surface area contributed by atoms with Crippen molar-refractivity contribution in [1.82, 2.24) is 15.5 Å². The summed E-state index contributed by atoms with van der Waals surface area (Å²) in [5.74, 6) is -0.502. The standard InChI is InChI=1S/C18H25FN4O3/c19-14-3-1-4-16(11-14)23-13-15(12-17(23)24)21-18(25)20-5-2-6-22-7-9-26-10-8-22/h1,3-4,11,15H,2,5-10,12-13H2,(H2,20,21,25)/t15-/m1/s1. The van der Waals surface area contributed by atoms with Crippen LogP contribution in [0.1, 0.15) is 12.8 Å². The zero-order chi connectivity index (χ0) is 18.4. The Kier molecular flexibility index (Phi) is 6.40. The van der Waals surface area contributed by atoms with Crippen LogP contribution in [0.25, 0.3) is 0 Å². The Labute approximate surface area is 152 Å². The number of carbonyl (C=O) groups is 2. The molecule has 1 aromatic rings. The molecular formula is C18H25FN4O3. The van der Waals surface area contributed by atoms with Crippen LogP contribution in [-0.4, -0.2) is 68.8 Å². The highest BCUT2D eigenvalue weighted by atomic mass is 19.1. The van der Waals surface area contributed by atoms with Gasteiger partial charge in [0.25, 0.3) is 0 Å². The molecule has 0 spiro atoms. The zero-order valence-electron chi connectivity index (χ0n) is 14.7. The average molecular weight is 364 g/mol. The molecule has 8 heteroatoms. The predicted molar refractivity (Wildman–Crippen MR) is 95.6 cm³/mol. The minimum Gasteiger partial charge on any atom is -0.379 e. The number of urea groups is 1. The van der Waals surface area contributed by atoms with Crippen LogP contribution in [0.5, 0.6) is 0 Å². The number of benzene rings is 1. The van der Waals surface area contributed by atoms with Crippen LogP contribution in [0, 0.1) is 5.82 Å². The van der Waals surface area contributed by atoms with E-state index < -0.39 is 0 Å². The van der Waals surface area contributed by atoms with Crippen LogP contribution in [0.15, 0.2) is 24.3 Å². The maximum Gasteiger partial charge on any atom is 0.315 e. The van der Waals surface area contributed by atoms with Crippen molar-refractivity contribution in [2.24, 2.45) is 0 Å². The summed E-state index contributed by atoms with van der Waals surface area (Å²) in [6.07, 6.45) is 1.09. The number of hydrogen-bond donors (Lipinski definition) is 2. The number of amides is 3. The van der Waals surface area contributed by atoms with Crippen LogP contribution in [0.3, 0.4) is 0 Å². The van der Waals surface area contributed by atoms with Crippen LogP contribution in [0.4, 0.5) is 14.9 Å². The Morgan fingerprint density at radius 3 is 2.88 bits per heavy atom. The van der Waals surface area contributed by atoms with Gasteiger partial charge in [0.15, 0.2) is 0 Å². The fourth-order valence-corrected chi connectivity index (χ4v) is 3.26. The molecule has 0 saturated carbocycles. The molecule has 0 bridgehead atoms. The van der Waals surface area contributed by atoms with E-state index in [2.05, 4.69) is 15.5 Å². The lowest BCUT2D eigenvalue weighted by Gasteiger charge is -2.26. The van der Waals surface area contributed by atoms with Gasteiger partial charge in [-0.25, -0.2) is 9.18 Å². The molecule has 0 unspecified atom stereocenters. The van der Waals surface area contributed by atoms with Gasteiger partial charge < -0.3 is 20.3 Å². The highest BCUT2D eigenvalue weighted by Gasteiger charge is 2.31. The maximum absolute atomic E-state index is 13.3. The first-order chi connectivity index (χ1) is 12.6. The number of rotatable bonds is 6. The summed E-state index contributed by atoms with van der Waals surface area (Å²) in [7, 11) is 0. The fraction of sp³-hybridized carbons (Fsp3) is 0.556. The highest BCUT2D eigenvalue weighted by molar-refractivity contribution is 5.96. The molecule has 26 heavy (non-hydrogen) atoms. The van der Waals surface area contributed by atoms with E-state index >= 15 is 0 Å². The number of ether oxygens (including phenoxy) is 1. The van der Waals surface area contributed by atoms with E-state index in [4.69, 9.17) is 4.74 Å². The minimum absolute atomic E-state index is 0.117. The summed E-state index contributed by atoms with van der Waals surface area (Å²) < 4.78 is 18.6. The van der Waals surface area contributed by atoms with Gasteiger partial charge in [-0.2, -0.15) is 0 Å². The van der Waals surface area contributed by atoms with Crippen molar-refractivity contribution < 1.29 is 18.7 Å². The van der Waals surface area contributed by atoms with Crippen molar-refractivity contribution >= 4 is 17.6 Å². The van der Waals surface area contributed by atoms with E-state index in [1.807, 2.05) is 0 Å². The first-order valence-corrected chi connectivity index (χ1v) is 9.02. The first kappa shape index (κ1) is 18.6. The van der Waals surface area contributed by atoms with E-state index in [1.54, 1.807) is 12.1 Å². The molecule has 2 N–H and O–H groups in total. The monoisotopic (exact) mass is 364 g/mol. The van der Waals surface area contributed by atoms with Gasteiger partial charge in [0, 0.05) is 38.3 Å². The molecule has 3 amide bonds. The third kappa shape index (κ3) is 5.15. The molecule has 0 radical (unpaired) electrons. The molecule has 2 aliphatic rings. The topological polar surface area (TPSA) is 73.9 Å². The largest absolute Gasteiger partial charge is 0.379 e. The molecule has 0 aliphatic carbocycles. The fourth-order valence-electron chi connectivity index (χ4n) is 3.26. The molecule has 1 atom stereocenters. The van der Waals surface area contributed by atoms with E-state index in [0.29, 0.717) is 18.8 Å². The van der Waals surface area contributed by atoms with Gasteiger partial charge in [-0.05, 0) is 31.2 Å². The Hall–Kier alpha value is -2.19. The molecule has 0 aromatic heterocycles. The van der Waals surface area contributed by atoms with Crippen molar-refractivity contribution in [1.29, 1.82) is 0 Å². The highest BCUT2D eigenvalue weighted by Crippen LogP contribution is 2.22. The SMILES string of the molecule is O=C(NCCCN1CCOCC1)N[C@@H]1CC(=O)N(c2cccc(F)c2)C1. The summed E-state index contributed by atoms with van der Waals surface area (Å²) in [6.45, 7) is 5.27. The van der Waals surface area contributed by atoms with Crippen LogP contribution in [-0.2, 0) is 9.53 Å². The van der Waals surface area contributed by atoms with Crippen molar-refractivity contribution in [3.8, 4) is 0 Å². The average Bonchev–Trinajstić information content (AvgIpc) is 3.00. The zero-order valence-corrected chi connectivity index (χ0v) is 14.7. The van der Waals surface area contributed by atoms with Gasteiger partial charge in [0.05, 0.1) is 19.3 Å². The first-order valence-electron chi connectivity index (χ1n) is 9.02. The van der Waals surface area contributed by atoms with Crippen molar-refractivity contribution in [3.05, 3.63) is 30.1 Å². The Balaban J connectivity index is 1.37. The van der Waals surface area contributed by atoms with Crippen molar-refractivity contribution in [2.75, 3.05) is 50.8 Å². The maximum atomic E-state index is 13.3. The Morgan fingerprint density at radius 2 is 2.12 bits per heavy atom. The number of anilines is 1. The quantitative estimate of drug-likeness (QED) is 0.738. The van der Waals surface area contributed by atoms with Gasteiger partial charge in [0.2, 0.25) is 5.91 Å². The van der Waals surface area contributed by atoms with Crippen LogP contribution < -0.4 is 15.5 Å². The number of nitrogens with zero attached hydrogens (tertiary/aromatic N) is 2. The summed E-state index contributed by atoms with van der Waals surface area (Å²) in [4.78, 5) is 28.0. The van der Waals surface area contributed by atoms with E-state index in [0.717, 1.165) is 39.3 Å². The second-order valence-corrected chi connectivity index (χ2v) is 6.59. The summed E-state index contributed by atoms with van der Waals surface area (Å²) in [5, 5.41) is 5.65. The van der Waals surface area contributed by atoms with Gasteiger partial charge in [-0.15, -0.1) is 0 Å². The second kappa shape index (κ2) is 8.95. The number of hydrogen-bond acceptors (Lipinski definition) is 4. The Bertz CT molecular complexity index is 637. The van der Waals surface area contributed by atoms with E-state index in [9.17, 15) is 14.0 Å². The molecule has 7 nitrogen and oxygen atoms in total.